The van der Waals surface area contributed by atoms with Crippen LogP contribution < -0.4 is 38.7 Å². The molecule has 3 aromatic rings. The first-order valence-corrected chi connectivity index (χ1v) is 8.58. The van der Waals surface area contributed by atoms with Crippen molar-refractivity contribution >= 4 is 18.0 Å². The van der Waals surface area contributed by atoms with Gasteiger partial charge in [0.1, 0.15) is 11.3 Å². The number of carbonyl (C=O) groups excluding carboxylic acids is 2. The minimum absolute atomic E-state index is 0. The average molecular weight is 448 g/mol. The molecule has 7 nitrogen and oxygen atoms in total. The van der Waals surface area contributed by atoms with Crippen molar-refractivity contribution in [3.8, 4) is 5.75 Å². The van der Waals surface area contributed by atoms with E-state index in [0.29, 0.717) is 16.9 Å². The molecule has 0 amide bonds. The number of hydrogen-bond acceptors (Lipinski definition) is 5. The first-order valence-electron chi connectivity index (χ1n) is 8.58. The van der Waals surface area contributed by atoms with Gasteiger partial charge in [-0.1, -0.05) is 23.4 Å². The number of benzene rings is 1. The molecular weight excluding hydrogens is 429 g/mol. The number of halogens is 2. The van der Waals surface area contributed by atoms with E-state index in [1.807, 2.05) is 6.07 Å². The number of pyridine rings is 2. The highest BCUT2D eigenvalue weighted by molar-refractivity contribution is 5.90. The Balaban J connectivity index is 0.00000225. The van der Waals surface area contributed by atoms with Crippen molar-refractivity contribution in [3.63, 3.8) is 0 Å². The van der Waals surface area contributed by atoms with E-state index in [-0.39, 0.29) is 43.7 Å². The molecule has 1 N–H and O–H groups in total. The quantitative estimate of drug-likeness (QED) is 0.0988. The van der Waals surface area contributed by atoms with Gasteiger partial charge in [-0.3, -0.25) is 4.79 Å². The highest BCUT2D eigenvalue weighted by atomic mass is 35.5. The standard InChI is InChI=1S/C21H18N3O4.2ClH/c25-19(15-23-10-4-6-17(13-23)12-22-27)16-24-11-5-7-18(14-24)21(26)28-20-8-2-1-3-9-20;;/h1-14H,15-16H2;2*1H/q+1;;/p-1/b22-12+;;. The number of oxime groups is 1. The maximum Gasteiger partial charge on any atom is 0.349 e. The van der Waals surface area contributed by atoms with Crippen LogP contribution in [0.5, 0.6) is 5.75 Å². The summed E-state index contributed by atoms with van der Waals surface area (Å²) in [4.78, 5) is 24.7. The summed E-state index contributed by atoms with van der Waals surface area (Å²) in [6.07, 6.45) is 8.05. The van der Waals surface area contributed by atoms with Gasteiger partial charge in [-0.2, -0.15) is 9.13 Å². The van der Waals surface area contributed by atoms with E-state index >= 15 is 0 Å². The molecule has 30 heavy (non-hydrogen) atoms. The summed E-state index contributed by atoms with van der Waals surface area (Å²) in [7, 11) is 0. The molecule has 0 aliphatic rings. The van der Waals surface area contributed by atoms with E-state index in [1.54, 1.807) is 82.5 Å². The van der Waals surface area contributed by atoms with Gasteiger partial charge in [-0.25, -0.2) is 4.79 Å². The number of ether oxygens (including phenoxy) is 1. The molecule has 0 fully saturated rings. The monoisotopic (exact) mass is 447 g/mol. The van der Waals surface area contributed by atoms with Crippen molar-refractivity contribution in [2.24, 2.45) is 5.16 Å². The van der Waals surface area contributed by atoms with Crippen LogP contribution in [0.15, 0.2) is 84.5 Å². The van der Waals surface area contributed by atoms with E-state index in [9.17, 15) is 9.59 Å². The lowest BCUT2D eigenvalue weighted by Gasteiger charge is -2.03. The van der Waals surface area contributed by atoms with Crippen LogP contribution in [0.3, 0.4) is 0 Å². The average Bonchev–Trinajstić information content (AvgIpc) is 2.69. The predicted octanol–water partition coefficient (Wildman–Crippen LogP) is -4.43. The number of hydrogen-bond donors (Lipinski definition) is 1. The third kappa shape index (κ3) is 7.27. The van der Waals surface area contributed by atoms with Crippen molar-refractivity contribution < 1.29 is 53.5 Å². The number of aromatic nitrogens is 2. The third-order valence-corrected chi connectivity index (χ3v) is 3.85. The molecular formula is C21H19Cl2N3O4. The first kappa shape index (κ1) is 24.7. The van der Waals surface area contributed by atoms with Crippen LogP contribution in [0.4, 0.5) is 0 Å². The molecule has 0 unspecified atom stereocenters. The van der Waals surface area contributed by atoms with E-state index in [4.69, 9.17) is 9.94 Å². The Morgan fingerprint density at radius 1 is 0.900 bits per heavy atom. The summed E-state index contributed by atoms with van der Waals surface area (Å²) in [6, 6.07) is 15.7. The second-order valence-corrected chi connectivity index (χ2v) is 6.06. The number of para-hydroxylation sites is 1. The lowest BCUT2D eigenvalue weighted by molar-refractivity contribution is -0.702. The van der Waals surface area contributed by atoms with Crippen molar-refractivity contribution in [1.82, 2.24) is 0 Å². The molecule has 1 aromatic carbocycles. The molecule has 0 aliphatic heterocycles. The lowest BCUT2D eigenvalue weighted by atomic mass is 10.2. The van der Waals surface area contributed by atoms with E-state index in [2.05, 4.69) is 5.16 Å². The van der Waals surface area contributed by atoms with Crippen LogP contribution >= 0.6 is 0 Å². The number of ketones is 1. The Labute approximate surface area is 186 Å². The third-order valence-electron chi connectivity index (χ3n) is 3.85. The molecule has 0 saturated carbocycles. The van der Waals surface area contributed by atoms with Crippen LogP contribution in [-0.2, 0) is 17.9 Å². The molecule has 2 heterocycles. The zero-order valence-corrected chi connectivity index (χ0v) is 17.3. The molecule has 3 rings (SSSR count). The Morgan fingerprint density at radius 3 is 2.20 bits per heavy atom. The topological polar surface area (TPSA) is 83.7 Å². The maximum atomic E-state index is 12.4. The summed E-state index contributed by atoms with van der Waals surface area (Å²) in [5.74, 6) is -0.0818. The van der Waals surface area contributed by atoms with Crippen molar-refractivity contribution in [2.45, 2.75) is 13.1 Å². The molecule has 0 spiro atoms. The van der Waals surface area contributed by atoms with E-state index < -0.39 is 5.97 Å². The number of nitrogens with zero attached hydrogens (tertiary/aromatic N) is 3. The van der Waals surface area contributed by atoms with Crippen LogP contribution in [0.1, 0.15) is 15.9 Å². The van der Waals surface area contributed by atoms with Gasteiger partial charge in [0.15, 0.2) is 24.8 Å². The number of carbonyl (C=O) groups is 2. The second-order valence-electron chi connectivity index (χ2n) is 6.06. The second kappa shape index (κ2) is 12.3. The van der Waals surface area contributed by atoms with Crippen LogP contribution in [0.2, 0.25) is 0 Å². The normalized spacial score (nSPS) is 10.0. The highest BCUT2D eigenvalue weighted by Gasteiger charge is 2.18. The van der Waals surface area contributed by atoms with Crippen LogP contribution in [0, 0.1) is 0 Å². The molecule has 0 bridgehead atoms. The Hall–Kier alpha value is -3.29. The van der Waals surface area contributed by atoms with Crippen LogP contribution in [0.25, 0.3) is 0 Å². The van der Waals surface area contributed by atoms with Gasteiger partial charge >= 0.3 is 5.97 Å². The smallest absolute Gasteiger partial charge is 0.349 e. The molecule has 0 atom stereocenters. The Morgan fingerprint density at radius 2 is 1.53 bits per heavy atom. The number of Topliss-reactive ketones (excluding diaryl/α,β-unsaturated/α-hetero) is 1. The molecule has 0 saturated heterocycles. The SMILES string of the molecule is O=C(C[n+]1cccc(/C=N/O)c1)C[n+]1cccc(C(=O)Oc2ccccc2)c1.[Cl-].[Cl-]. The summed E-state index contributed by atoms with van der Waals surface area (Å²) in [5, 5.41) is 11.6. The molecule has 9 heteroatoms. The van der Waals surface area contributed by atoms with Crippen LogP contribution in [-0.4, -0.2) is 23.2 Å². The summed E-state index contributed by atoms with van der Waals surface area (Å²) >= 11 is 0. The zero-order chi connectivity index (χ0) is 19.8. The largest absolute Gasteiger partial charge is 1.00 e. The highest BCUT2D eigenvalue weighted by Crippen LogP contribution is 2.10. The molecule has 156 valence electrons. The predicted molar refractivity (Wildman–Crippen MR) is 99.1 cm³/mol. The lowest BCUT2D eigenvalue weighted by Crippen LogP contribution is -3.00. The maximum absolute atomic E-state index is 12.4. The fraction of sp³-hybridized carbons (Fsp3) is 0.0952. The fourth-order valence-electron chi connectivity index (χ4n) is 2.64. The van der Waals surface area contributed by atoms with Crippen molar-refractivity contribution in [3.05, 3.63) is 90.5 Å². The van der Waals surface area contributed by atoms with Gasteiger partial charge in [0.05, 0.1) is 11.8 Å². The zero-order valence-electron chi connectivity index (χ0n) is 15.8. The minimum Gasteiger partial charge on any atom is -1.00 e. The first-order chi connectivity index (χ1) is 13.6. The van der Waals surface area contributed by atoms with E-state index in [1.165, 1.54) is 6.21 Å². The molecule has 2 aromatic heterocycles. The number of rotatable bonds is 7. The minimum atomic E-state index is -0.488. The van der Waals surface area contributed by atoms with Gasteiger partial charge in [0.25, 0.3) is 5.78 Å². The fourth-order valence-corrected chi connectivity index (χ4v) is 2.64. The number of esters is 1. The van der Waals surface area contributed by atoms with Gasteiger partial charge in [-0.15, -0.1) is 0 Å². The Bertz CT molecular complexity index is 1010. The molecule has 0 aliphatic carbocycles. The van der Waals surface area contributed by atoms with Gasteiger partial charge < -0.3 is 34.8 Å². The Kier molecular flexibility index (Phi) is 10.2. The molecule has 0 radical (unpaired) electrons. The van der Waals surface area contributed by atoms with Crippen molar-refractivity contribution in [2.75, 3.05) is 0 Å². The van der Waals surface area contributed by atoms with Gasteiger partial charge in [0.2, 0.25) is 13.1 Å². The summed E-state index contributed by atoms with van der Waals surface area (Å²) in [5.41, 5.74) is 1.03. The summed E-state index contributed by atoms with van der Waals surface area (Å²) < 4.78 is 8.66. The van der Waals surface area contributed by atoms with Gasteiger partial charge in [-0.05, 0) is 24.3 Å². The van der Waals surface area contributed by atoms with E-state index in [0.717, 1.165) is 0 Å². The van der Waals surface area contributed by atoms with Crippen molar-refractivity contribution in [1.29, 1.82) is 0 Å². The summed E-state index contributed by atoms with van der Waals surface area (Å²) in [6.45, 7) is 0.260. The van der Waals surface area contributed by atoms with Gasteiger partial charge in [0, 0.05) is 12.1 Å².